The predicted octanol–water partition coefficient (Wildman–Crippen LogP) is 1.95. The molecule has 3 rings (SSSR count). The van der Waals surface area contributed by atoms with E-state index in [0.717, 1.165) is 18.2 Å². The van der Waals surface area contributed by atoms with Crippen LogP contribution in [0.1, 0.15) is 23.6 Å². The summed E-state index contributed by atoms with van der Waals surface area (Å²) in [6, 6.07) is 8.62. The van der Waals surface area contributed by atoms with Gasteiger partial charge in [0.2, 0.25) is 0 Å². The first-order chi connectivity index (χ1) is 7.57. The van der Waals surface area contributed by atoms with Gasteiger partial charge in [0.25, 0.3) is 0 Å². The molecule has 1 aliphatic carbocycles. The van der Waals surface area contributed by atoms with Crippen molar-refractivity contribution < 1.29 is 37.1 Å². The summed E-state index contributed by atoms with van der Waals surface area (Å²) in [5, 5.41) is 0.755. The largest absolute Gasteiger partial charge is 1.00 e. The Hall–Kier alpha value is -0.300. The van der Waals surface area contributed by atoms with E-state index in [1.165, 1.54) is 0 Å². The molecule has 0 aliphatic heterocycles. The second-order valence-corrected chi connectivity index (χ2v) is 6.10. The van der Waals surface area contributed by atoms with Crippen molar-refractivity contribution in [3.8, 4) is 0 Å². The van der Waals surface area contributed by atoms with Crippen molar-refractivity contribution in [1.82, 2.24) is 0 Å². The molecule has 92 valence electrons. The summed E-state index contributed by atoms with van der Waals surface area (Å²) in [6.07, 6.45) is 1.83. The SMILES string of the molecule is FC(F)(F)[s+]1c(C2CC2)cc2ccccc21.[I-]. The second-order valence-electron chi connectivity index (χ2n) is 4.11. The molecule has 1 unspecified atom stereocenters. The van der Waals surface area contributed by atoms with Crippen LogP contribution in [0.2, 0.25) is 0 Å². The zero-order chi connectivity index (χ0) is 11.3. The Balaban J connectivity index is 0.00000108. The summed E-state index contributed by atoms with van der Waals surface area (Å²) >= 11 is 0. The van der Waals surface area contributed by atoms with E-state index in [4.69, 9.17) is 0 Å². The number of halogens is 4. The molecular weight excluding hydrogens is 360 g/mol. The normalized spacial score (nSPS) is 17.0. The number of benzene rings is 1. The minimum atomic E-state index is -4.12. The molecule has 2 aromatic rings. The van der Waals surface area contributed by atoms with Crippen LogP contribution in [0, 0.1) is 0 Å². The van der Waals surface area contributed by atoms with Gasteiger partial charge >= 0.3 is 5.51 Å². The van der Waals surface area contributed by atoms with Gasteiger partial charge in [0.05, 0.1) is 10.5 Å². The van der Waals surface area contributed by atoms with E-state index < -0.39 is 16.0 Å². The number of rotatable bonds is 1. The van der Waals surface area contributed by atoms with Gasteiger partial charge in [-0.05, 0) is 25.0 Å². The van der Waals surface area contributed by atoms with Crippen LogP contribution in [-0.2, 0) is 5.51 Å². The Morgan fingerprint density at radius 3 is 2.35 bits per heavy atom. The monoisotopic (exact) mass is 370 g/mol. The van der Waals surface area contributed by atoms with Gasteiger partial charge in [0, 0.05) is 17.4 Å². The maximum Gasteiger partial charge on any atom is 0.600 e. The average Bonchev–Trinajstić information content (AvgIpc) is 2.96. The van der Waals surface area contributed by atoms with Gasteiger partial charge in [-0.25, -0.2) is 0 Å². The molecule has 0 bridgehead atoms. The van der Waals surface area contributed by atoms with Gasteiger partial charge in [0.1, 0.15) is 0 Å². The molecule has 0 spiro atoms. The smallest absolute Gasteiger partial charge is 0.600 e. The first-order valence-corrected chi connectivity index (χ1v) is 6.41. The number of fused-ring (bicyclic) bond motifs is 1. The van der Waals surface area contributed by atoms with Crippen LogP contribution in [-0.4, -0.2) is 0 Å². The molecule has 0 amide bonds. The zero-order valence-corrected chi connectivity index (χ0v) is 11.8. The molecule has 0 saturated heterocycles. The maximum absolute atomic E-state index is 13.0. The highest BCUT2D eigenvalue weighted by molar-refractivity contribution is 7.38. The third-order valence-electron chi connectivity index (χ3n) is 2.88. The fourth-order valence-electron chi connectivity index (χ4n) is 2.04. The van der Waals surface area contributed by atoms with Crippen LogP contribution >= 0.6 is 10.5 Å². The Labute approximate surface area is 117 Å². The molecule has 1 atom stereocenters. The highest BCUT2D eigenvalue weighted by atomic mass is 127. The van der Waals surface area contributed by atoms with E-state index in [2.05, 4.69) is 0 Å². The standard InChI is InChI=1S/C12H10F3S.HI/c13-12(14,15)16-10-4-2-1-3-9(10)7-11(16)8-5-6-8;/h1-4,7-8H,5-6H2;1H/q+1;/p-1. The molecule has 1 heterocycles. The summed E-state index contributed by atoms with van der Waals surface area (Å²) in [7, 11) is -1.66. The molecule has 1 fully saturated rings. The fourth-order valence-corrected chi connectivity index (χ4v) is 4.20. The highest BCUT2D eigenvalue weighted by Crippen LogP contribution is 2.57. The maximum atomic E-state index is 13.0. The lowest BCUT2D eigenvalue weighted by atomic mass is 10.2. The van der Waals surface area contributed by atoms with Crippen LogP contribution in [0.4, 0.5) is 13.2 Å². The van der Waals surface area contributed by atoms with Gasteiger partial charge in [-0.1, -0.05) is 12.1 Å². The predicted molar refractivity (Wildman–Crippen MR) is 59.7 cm³/mol. The lowest BCUT2D eigenvalue weighted by Gasteiger charge is -1.98. The molecule has 0 nitrogen and oxygen atoms in total. The number of alkyl halides is 3. The summed E-state index contributed by atoms with van der Waals surface area (Å²) in [5.74, 6) is 0.178. The third kappa shape index (κ3) is 2.31. The van der Waals surface area contributed by atoms with E-state index in [-0.39, 0.29) is 29.9 Å². The van der Waals surface area contributed by atoms with E-state index >= 15 is 0 Å². The van der Waals surface area contributed by atoms with Crippen molar-refractivity contribution in [2.75, 3.05) is 0 Å². The van der Waals surface area contributed by atoms with E-state index in [1.807, 2.05) is 0 Å². The fraction of sp³-hybridized carbons (Fsp3) is 0.333. The van der Waals surface area contributed by atoms with Crippen molar-refractivity contribution in [2.45, 2.75) is 24.3 Å². The molecule has 1 aromatic carbocycles. The first kappa shape index (κ1) is 13.1. The van der Waals surface area contributed by atoms with Crippen LogP contribution in [0.25, 0.3) is 10.1 Å². The second kappa shape index (κ2) is 4.42. The molecule has 1 saturated carbocycles. The molecule has 17 heavy (non-hydrogen) atoms. The third-order valence-corrected chi connectivity index (χ3v) is 5.08. The summed E-state index contributed by atoms with van der Waals surface area (Å²) in [6.45, 7) is 0. The van der Waals surface area contributed by atoms with Crippen molar-refractivity contribution in [1.29, 1.82) is 0 Å². The van der Waals surface area contributed by atoms with Gasteiger partial charge in [-0.15, -0.1) is 13.2 Å². The van der Waals surface area contributed by atoms with Crippen LogP contribution in [0.15, 0.2) is 30.3 Å². The topological polar surface area (TPSA) is 0 Å². The molecule has 0 radical (unpaired) electrons. The first-order valence-electron chi connectivity index (χ1n) is 5.19. The van der Waals surface area contributed by atoms with E-state index in [0.29, 0.717) is 9.58 Å². The van der Waals surface area contributed by atoms with Gasteiger partial charge in [-0.3, -0.25) is 0 Å². The van der Waals surface area contributed by atoms with Crippen molar-refractivity contribution in [2.24, 2.45) is 0 Å². The Bertz CT molecular complexity index is 540. The highest BCUT2D eigenvalue weighted by Gasteiger charge is 2.50. The minimum absolute atomic E-state index is 0. The summed E-state index contributed by atoms with van der Waals surface area (Å²) in [5.41, 5.74) is -4.12. The summed E-state index contributed by atoms with van der Waals surface area (Å²) < 4.78 is 39.6. The van der Waals surface area contributed by atoms with Crippen molar-refractivity contribution in [3.05, 3.63) is 35.2 Å². The van der Waals surface area contributed by atoms with Crippen LogP contribution in [0.3, 0.4) is 0 Å². The van der Waals surface area contributed by atoms with E-state index in [9.17, 15) is 13.2 Å². The number of hydrogen-bond donors (Lipinski definition) is 0. The molecule has 1 aliphatic rings. The van der Waals surface area contributed by atoms with Crippen LogP contribution < -0.4 is 24.0 Å². The van der Waals surface area contributed by atoms with Crippen molar-refractivity contribution in [3.63, 3.8) is 0 Å². The molecule has 5 heteroatoms. The zero-order valence-electron chi connectivity index (χ0n) is 8.80. The minimum Gasteiger partial charge on any atom is -1.00 e. The van der Waals surface area contributed by atoms with E-state index in [1.54, 1.807) is 30.3 Å². The van der Waals surface area contributed by atoms with Gasteiger partial charge in [0.15, 0.2) is 9.58 Å². The average molecular weight is 370 g/mol. The quantitative estimate of drug-likeness (QED) is 0.532. The number of hydrogen-bond acceptors (Lipinski definition) is 0. The van der Waals surface area contributed by atoms with Crippen LogP contribution in [0.5, 0.6) is 0 Å². The molecule has 1 aromatic heterocycles. The lowest BCUT2D eigenvalue weighted by Crippen LogP contribution is -3.00. The van der Waals surface area contributed by atoms with Gasteiger partial charge < -0.3 is 24.0 Å². The summed E-state index contributed by atoms with van der Waals surface area (Å²) in [4.78, 5) is 0.605. The lowest BCUT2D eigenvalue weighted by molar-refractivity contribution is -0.0867. The molecular formula is C12H10F3IS. The van der Waals surface area contributed by atoms with Crippen molar-refractivity contribution >= 4 is 20.6 Å². The number of thiophene rings is 1. The van der Waals surface area contributed by atoms with Gasteiger partial charge in [-0.2, -0.15) is 0 Å². The molecule has 0 N–H and O–H groups in total. The Kier molecular flexibility index (Phi) is 3.42. The Morgan fingerprint density at radius 1 is 1.12 bits per heavy atom. The Morgan fingerprint density at radius 2 is 1.76 bits per heavy atom.